The average molecular weight is 378 g/mol. The van der Waals surface area contributed by atoms with E-state index in [1.165, 1.54) is 12.1 Å². The van der Waals surface area contributed by atoms with Crippen LogP contribution in [0.15, 0.2) is 73.3 Å². The molecule has 0 bridgehead atoms. The van der Waals surface area contributed by atoms with Crippen molar-refractivity contribution < 1.29 is 9.18 Å². The van der Waals surface area contributed by atoms with Crippen LogP contribution in [-0.4, -0.2) is 29.0 Å². The Morgan fingerprint density at radius 3 is 2.36 bits per heavy atom. The molecule has 0 aliphatic rings. The number of pyridine rings is 2. The number of halogens is 1. The zero-order valence-electron chi connectivity index (χ0n) is 15.5. The molecular weight excluding hydrogens is 355 g/mol. The molecule has 1 unspecified atom stereocenters. The molecule has 5 nitrogen and oxygen atoms in total. The summed E-state index contributed by atoms with van der Waals surface area (Å²) < 4.78 is 13.3. The second-order valence-electron chi connectivity index (χ2n) is 6.45. The Bertz CT molecular complexity index is 857. The molecule has 0 fully saturated rings. The average Bonchev–Trinajstić information content (AvgIpc) is 2.73. The summed E-state index contributed by atoms with van der Waals surface area (Å²) in [5.74, 6) is -0.457. The van der Waals surface area contributed by atoms with Crippen molar-refractivity contribution in [1.29, 1.82) is 0 Å². The summed E-state index contributed by atoms with van der Waals surface area (Å²) in [4.78, 5) is 20.9. The van der Waals surface area contributed by atoms with Gasteiger partial charge < -0.3 is 10.6 Å². The molecule has 0 radical (unpaired) electrons. The first-order valence-corrected chi connectivity index (χ1v) is 9.27. The van der Waals surface area contributed by atoms with Crippen molar-refractivity contribution in [2.75, 3.05) is 13.1 Å². The van der Waals surface area contributed by atoms with Gasteiger partial charge in [0.2, 0.25) is 5.91 Å². The molecule has 0 saturated carbocycles. The van der Waals surface area contributed by atoms with Crippen molar-refractivity contribution in [3.05, 3.63) is 95.8 Å². The predicted molar refractivity (Wildman–Crippen MR) is 106 cm³/mol. The van der Waals surface area contributed by atoms with Crippen molar-refractivity contribution in [3.8, 4) is 0 Å². The smallest absolute Gasteiger partial charge is 0.241 e. The van der Waals surface area contributed by atoms with E-state index in [0.29, 0.717) is 19.5 Å². The Balaban J connectivity index is 1.59. The van der Waals surface area contributed by atoms with E-state index in [9.17, 15) is 9.18 Å². The lowest BCUT2D eigenvalue weighted by molar-refractivity contribution is -0.123. The molecule has 2 heterocycles. The molecule has 0 spiro atoms. The first-order chi connectivity index (χ1) is 13.7. The molecule has 0 saturated heterocycles. The monoisotopic (exact) mass is 378 g/mol. The van der Waals surface area contributed by atoms with Crippen molar-refractivity contribution in [1.82, 2.24) is 20.6 Å². The third-order valence-electron chi connectivity index (χ3n) is 4.41. The van der Waals surface area contributed by atoms with E-state index in [0.717, 1.165) is 23.1 Å². The van der Waals surface area contributed by atoms with Crippen molar-refractivity contribution in [2.45, 2.75) is 18.9 Å². The molecule has 0 aliphatic carbocycles. The van der Waals surface area contributed by atoms with Crippen LogP contribution in [0.4, 0.5) is 4.39 Å². The zero-order chi connectivity index (χ0) is 19.6. The topological polar surface area (TPSA) is 66.9 Å². The third-order valence-corrected chi connectivity index (χ3v) is 4.41. The third kappa shape index (κ3) is 5.96. The first-order valence-electron chi connectivity index (χ1n) is 9.27. The number of amides is 1. The maximum absolute atomic E-state index is 13.3. The van der Waals surface area contributed by atoms with Crippen LogP contribution >= 0.6 is 0 Å². The summed E-state index contributed by atoms with van der Waals surface area (Å²) in [6, 6.07) is 13.2. The van der Waals surface area contributed by atoms with E-state index < -0.39 is 6.04 Å². The number of aromatic nitrogens is 2. The number of nitrogens with zero attached hydrogens (tertiary/aromatic N) is 2. The molecule has 6 heteroatoms. The zero-order valence-corrected chi connectivity index (χ0v) is 15.5. The van der Waals surface area contributed by atoms with Gasteiger partial charge in [0.1, 0.15) is 11.9 Å². The summed E-state index contributed by atoms with van der Waals surface area (Å²) >= 11 is 0. The van der Waals surface area contributed by atoms with Crippen molar-refractivity contribution >= 4 is 5.91 Å². The molecule has 1 aromatic carbocycles. The van der Waals surface area contributed by atoms with E-state index in [4.69, 9.17) is 0 Å². The van der Waals surface area contributed by atoms with Crippen LogP contribution in [0.3, 0.4) is 0 Å². The molecule has 2 N–H and O–H groups in total. The largest absolute Gasteiger partial charge is 0.354 e. The molecule has 3 rings (SSSR count). The highest BCUT2D eigenvalue weighted by atomic mass is 19.1. The standard InChI is InChI=1S/C22H23FN4O/c23-20-5-3-19(4-6-20)21(26-14-9-17-7-12-24-13-8-17)22(28)27-15-10-18-2-1-11-25-16-18/h1-8,11-13,16,21,26H,9-10,14-15H2,(H,27,28). The highest BCUT2D eigenvalue weighted by molar-refractivity contribution is 5.83. The van der Waals surface area contributed by atoms with Gasteiger partial charge in [-0.15, -0.1) is 0 Å². The summed E-state index contributed by atoms with van der Waals surface area (Å²) in [7, 11) is 0. The second kappa shape index (κ2) is 10.3. The van der Waals surface area contributed by atoms with Gasteiger partial charge in [-0.2, -0.15) is 0 Å². The van der Waals surface area contributed by atoms with Gasteiger partial charge >= 0.3 is 0 Å². The number of benzene rings is 1. The highest BCUT2D eigenvalue weighted by Gasteiger charge is 2.19. The summed E-state index contributed by atoms with van der Waals surface area (Å²) in [6.07, 6.45) is 8.47. The van der Waals surface area contributed by atoms with Crippen LogP contribution in [0.25, 0.3) is 0 Å². The minimum absolute atomic E-state index is 0.134. The van der Waals surface area contributed by atoms with Crippen LogP contribution in [0.2, 0.25) is 0 Å². The lowest BCUT2D eigenvalue weighted by atomic mass is 10.1. The van der Waals surface area contributed by atoms with Crippen LogP contribution in [-0.2, 0) is 17.6 Å². The number of hydrogen-bond acceptors (Lipinski definition) is 4. The number of carbonyl (C=O) groups excluding carboxylic acids is 1. The van der Waals surface area contributed by atoms with Gasteiger partial charge in [-0.25, -0.2) is 4.39 Å². The van der Waals surface area contributed by atoms with Gasteiger partial charge in [0.05, 0.1) is 0 Å². The lowest BCUT2D eigenvalue weighted by Gasteiger charge is -2.19. The summed E-state index contributed by atoms with van der Waals surface area (Å²) in [5, 5.41) is 6.25. The van der Waals surface area contributed by atoms with Gasteiger partial charge in [0.25, 0.3) is 0 Å². The lowest BCUT2D eigenvalue weighted by Crippen LogP contribution is -2.39. The molecule has 3 aromatic rings. The highest BCUT2D eigenvalue weighted by Crippen LogP contribution is 2.14. The minimum atomic E-state index is -0.545. The molecular formula is C22H23FN4O. The van der Waals surface area contributed by atoms with Crippen molar-refractivity contribution in [3.63, 3.8) is 0 Å². The maximum Gasteiger partial charge on any atom is 0.241 e. The van der Waals surface area contributed by atoms with E-state index in [2.05, 4.69) is 20.6 Å². The molecule has 144 valence electrons. The molecule has 28 heavy (non-hydrogen) atoms. The normalized spacial score (nSPS) is 11.8. The quantitative estimate of drug-likeness (QED) is 0.601. The van der Waals surface area contributed by atoms with E-state index in [1.807, 2.05) is 24.3 Å². The molecule has 2 aromatic heterocycles. The Morgan fingerprint density at radius 2 is 1.64 bits per heavy atom. The molecule has 1 amide bonds. The minimum Gasteiger partial charge on any atom is -0.354 e. The first kappa shape index (κ1) is 19.6. The Hall–Kier alpha value is -3.12. The van der Waals surface area contributed by atoms with E-state index in [1.54, 1.807) is 36.9 Å². The van der Waals surface area contributed by atoms with Gasteiger partial charge in [-0.3, -0.25) is 14.8 Å². The van der Waals surface area contributed by atoms with Crippen molar-refractivity contribution in [2.24, 2.45) is 0 Å². The number of hydrogen-bond donors (Lipinski definition) is 2. The SMILES string of the molecule is O=C(NCCc1cccnc1)C(NCCc1ccncc1)c1ccc(F)cc1. The maximum atomic E-state index is 13.3. The Labute approximate surface area is 164 Å². The Kier molecular flexibility index (Phi) is 7.21. The fraction of sp³-hybridized carbons (Fsp3) is 0.227. The summed E-state index contributed by atoms with van der Waals surface area (Å²) in [5.41, 5.74) is 2.93. The van der Waals surface area contributed by atoms with Gasteiger partial charge in [0, 0.05) is 37.9 Å². The molecule has 0 aliphatic heterocycles. The van der Waals surface area contributed by atoms with Crippen LogP contribution in [0.5, 0.6) is 0 Å². The van der Waals surface area contributed by atoms with Crippen LogP contribution in [0.1, 0.15) is 22.7 Å². The fourth-order valence-corrected chi connectivity index (χ4v) is 2.91. The van der Waals surface area contributed by atoms with Gasteiger partial charge in [0.15, 0.2) is 0 Å². The van der Waals surface area contributed by atoms with E-state index >= 15 is 0 Å². The summed E-state index contributed by atoms with van der Waals surface area (Å²) in [6.45, 7) is 1.12. The van der Waals surface area contributed by atoms with Crippen LogP contribution in [0, 0.1) is 5.82 Å². The number of rotatable bonds is 9. The predicted octanol–water partition coefficient (Wildman–Crippen LogP) is 2.85. The van der Waals surface area contributed by atoms with E-state index in [-0.39, 0.29) is 11.7 Å². The Morgan fingerprint density at radius 1 is 0.893 bits per heavy atom. The number of nitrogens with one attached hydrogen (secondary N) is 2. The molecule has 1 atom stereocenters. The van der Waals surface area contributed by atoms with Gasteiger partial charge in [-0.05, 0) is 59.9 Å². The van der Waals surface area contributed by atoms with Crippen LogP contribution < -0.4 is 10.6 Å². The second-order valence-corrected chi connectivity index (χ2v) is 6.45. The fourth-order valence-electron chi connectivity index (χ4n) is 2.91. The van der Waals surface area contributed by atoms with Gasteiger partial charge in [-0.1, -0.05) is 18.2 Å². The number of carbonyl (C=O) groups is 1.